The molecule has 2 fully saturated rings. The van der Waals surface area contributed by atoms with E-state index in [1.165, 1.54) is 0 Å². The third-order valence-corrected chi connectivity index (χ3v) is 5.82. The second-order valence-electron chi connectivity index (χ2n) is 7.78. The van der Waals surface area contributed by atoms with E-state index in [0.717, 1.165) is 0 Å². The van der Waals surface area contributed by atoms with Crippen LogP contribution in [0.5, 0.6) is 0 Å². The maximum absolute atomic E-state index is 12.5. The lowest BCUT2D eigenvalue weighted by Crippen LogP contribution is -2.49. The molecule has 0 aromatic heterocycles. The molecule has 0 unspecified atom stereocenters. The van der Waals surface area contributed by atoms with Crippen molar-refractivity contribution in [2.45, 2.75) is 44.6 Å². The van der Waals surface area contributed by atoms with Crippen LogP contribution in [0.25, 0.3) is 0 Å². The van der Waals surface area contributed by atoms with Gasteiger partial charge in [0.1, 0.15) is 0 Å². The Bertz CT molecular complexity index is 803. The quantitative estimate of drug-likeness (QED) is 0.719. The van der Waals surface area contributed by atoms with E-state index in [1.807, 2.05) is 6.07 Å². The van der Waals surface area contributed by atoms with Gasteiger partial charge in [0.05, 0.1) is 17.6 Å². The molecule has 8 nitrogen and oxygen atoms in total. The number of urea groups is 1. The molecule has 29 heavy (non-hydrogen) atoms. The minimum atomic E-state index is -0.755. The number of nitrogens with zero attached hydrogens (tertiary/aromatic N) is 2. The van der Waals surface area contributed by atoms with Gasteiger partial charge >= 0.3 is 12.0 Å². The fourth-order valence-electron chi connectivity index (χ4n) is 4.01. The first-order chi connectivity index (χ1) is 14.0. The van der Waals surface area contributed by atoms with E-state index in [9.17, 15) is 14.4 Å². The summed E-state index contributed by atoms with van der Waals surface area (Å²) in [7, 11) is 0. The number of piperidine rings is 1. The Hall–Kier alpha value is -3.08. The molecule has 0 atom stereocenters. The van der Waals surface area contributed by atoms with Crippen molar-refractivity contribution >= 4 is 23.6 Å². The lowest BCUT2D eigenvalue weighted by molar-refractivity contribution is -0.142. The van der Waals surface area contributed by atoms with Crippen molar-refractivity contribution in [3.8, 4) is 6.07 Å². The molecule has 0 radical (unpaired) electrons. The number of hydrogen-bond acceptors (Lipinski definition) is 4. The van der Waals surface area contributed by atoms with Gasteiger partial charge in [-0.25, -0.2) is 4.79 Å². The van der Waals surface area contributed by atoms with Crippen LogP contribution in [0, 0.1) is 23.2 Å². The number of carbonyl (C=O) groups is 3. The number of likely N-dealkylation sites (tertiary alicyclic amines) is 1. The second-order valence-corrected chi connectivity index (χ2v) is 7.78. The summed E-state index contributed by atoms with van der Waals surface area (Å²) in [5.74, 6) is -1.32. The predicted molar refractivity (Wildman–Crippen MR) is 106 cm³/mol. The highest BCUT2D eigenvalue weighted by Gasteiger charge is 2.30. The van der Waals surface area contributed by atoms with Gasteiger partial charge in [-0.2, -0.15) is 5.26 Å². The zero-order valence-electron chi connectivity index (χ0n) is 16.3. The van der Waals surface area contributed by atoms with E-state index >= 15 is 0 Å². The van der Waals surface area contributed by atoms with Crippen molar-refractivity contribution in [1.29, 1.82) is 5.26 Å². The number of amides is 3. The first-order valence-corrected chi connectivity index (χ1v) is 10.1. The molecule has 0 bridgehead atoms. The van der Waals surface area contributed by atoms with Gasteiger partial charge in [-0.3, -0.25) is 9.59 Å². The predicted octanol–water partition coefficient (Wildman–Crippen LogP) is 2.56. The van der Waals surface area contributed by atoms with Crippen LogP contribution in [0.15, 0.2) is 24.3 Å². The molecular weight excluding hydrogens is 372 g/mol. The van der Waals surface area contributed by atoms with Gasteiger partial charge in [0.2, 0.25) is 5.91 Å². The standard InChI is InChI=1S/C21H26N4O4/c22-13-14-2-1-3-18(12-14)23-19(26)15-8-10-25(11-9-15)21(29)24-17-6-4-16(5-7-17)20(27)28/h1-3,12,15-17H,4-11H2,(H,23,26)(H,24,29)(H,27,28). The van der Waals surface area contributed by atoms with E-state index in [-0.39, 0.29) is 29.8 Å². The highest BCUT2D eigenvalue weighted by molar-refractivity contribution is 5.92. The van der Waals surface area contributed by atoms with E-state index < -0.39 is 5.97 Å². The van der Waals surface area contributed by atoms with Gasteiger partial charge < -0.3 is 20.6 Å². The van der Waals surface area contributed by atoms with Gasteiger partial charge in [-0.05, 0) is 56.7 Å². The van der Waals surface area contributed by atoms with Gasteiger partial charge in [-0.15, -0.1) is 0 Å². The van der Waals surface area contributed by atoms with Gasteiger partial charge in [0.25, 0.3) is 0 Å². The Morgan fingerprint density at radius 2 is 1.72 bits per heavy atom. The zero-order chi connectivity index (χ0) is 20.8. The van der Waals surface area contributed by atoms with Crippen molar-refractivity contribution < 1.29 is 19.5 Å². The Balaban J connectivity index is 1.42. The number of aliphatic carboxylic acids is 1. The molecule has 1 aromatic carbocycles. The average Bonchev–Trinajstić information content (AvgIpc) is 2.74. The van der Waals surface area contributed by atoms with Crippen molar-refractivity contribution in [3.05, 3.63) is 29.8 Å². The molecule has 3 N–H and O–H groups in total. The largest absolute Gasteiger partial charge is 0.481 e. The fourth-order valence-corrected chi connectivity index (χ4v) is 4.01. The molecular formula is C21H26N4O4. The number of rotatable bonds is 4. The molecule has 1 aromatic rings. The van der Waals surface area contributed by atoms with Crippen LogP contribution in [0.3, 0.4) is 0 Å². The van der Waals surface area contributed by atoms with Gasteiger partial charge in [-0.1, -0.05) is 6.07 Å². The molecule has 1 aliphatic carbocycles. The van der Waals surface area contributed by atoms with E-state index in [1.54, 1.807) is 29.2 Å². The Labute approximate surface area is 169 Å². The third kappa shape index (κ3) is 5.47. The van der Waals surface area contributed by atoms with Crippen LogP contribution < -0.4 is 10.6 Å². The first-order valence-electron chi connectivity index (χ1n) is 10.1. The summed E-state index contributed by atoms with van der Waals surface area (Å²) >= 11 is 0. The molecule has 1 saturated carbocycles. The highest BCUT2D eigenvalue weighted by atomic mass is 16.4. The summed E-state index contributed by atoms with van der Waals surface area (Å²) in [5, 5.41) is 23.9. The molecule has 1 aliphatic heterocycles. The number of carbonyl (C=O) groups excluding carboxylic acids is 2. The summed E-state index contributed by atoms with van der Waals surface area (Å²) in [6.07, 6.45) is 3.73. The molecule has 3 amide bonds. The monoisotopic (exact) mass is 398 g/mol. The summed E-state index contributed by atoms with van der Waals surface area (Å²) in [4.78, 5) is 37.7. The summed E-state index contributed by atoms with van der Waals surface area (Å²) in [6.45, 7) is 1.01. The fraction of sp³-hybridized carbons (Fsp3) is 0.524. The molecule has 0 spiro atoms. The third-order valence-electron chi connectivity index (χ3n) is 5.82. The number of nitrogens with one attached hydrogen (secondary N) is 2. The second kappa shape index (κ2) is 9.41. The normalized spacial score (nSPS) is 22.4. The van der Waals surface area contributed by atoms with Gasteiger partial charge in [0.15, 0.2) is 0 Å². The van der Waals surface area contributed by atoms with E-state index in [4.69, 9.17) is 10.4 Å². The maximum Gasteiger partial charge on any atom is 0.317 e. The average molecular weight is 398 g/mol. The molecule has 1 heterocycles. The van der Waals surface area contributed by atoms with Crippen LogP contribution in [-0.4, -0.2) is 47.0 Å². The summed E-state index contributed by atoms with van der Waals surface area (Å²) < 4.78 is 0. The van der Waals surface area contributed by atoms with Gasteiger partial charge in [0, 0.05) is 30.7 Å². The van der Waals surface area contributed by atoms with E-state index in [2.05, 4.69) is 10.6 Å². The molecule has 2 aliphatic rings. The first kappa shape index (κ1) is 20.6. The Kier molecular flexibility index (Phi) is 6.70. The maximum atomic E-state index is 12.5. The smallest absolute Gasteiger partial charge is 0.317 e. The number of anilines is 1. The van der Waals surface area contributed by atoms with Crippen LogP contribution in [0.2, 0.25) is 0 Å². The Morgan fingerprint density at radius 3 is 2.34 bits per heavy atom. The Morgan fingerprint density at radius 1 is 1.03 bits per heavy atom. The lowest BCUT2D eigenvalue weighted by atomic mass is 9.86. The minimum absolute atomic E-state index is 0.0199. The van der Waals surface area contributed by atoms with Crippen LogP contribution in [-0.2, 0) is 9.59 Å². The number of carboxylic acids is 1. The molecule has 3 rings (SSSR count). The summed E-state index contributed by atoms with van der Waals surface area (Å²) in [5.41, 5.74) is 1.10. The van der Waals surface area contributed by atoms with Crippen molar-refractivity contribution in [1.82, 2.24) is 10.2 Å². The zero-order valence-corrected chi connectivity index (χ0v) is 16.3. The lowest BCUT2D eigenvalue weighted by Gasteiger charge is -2.34. The van der Waals surface area contributed by atoms with Crippen LogP contribution in [0.4, 0.5) is 10.5 Å². The SMILES string of the molecule is N#Cc1cccc(NC(=O)C2CCN(C(=O)NC3CCC(C(=O)O)CC3)CC2)c1. The highest BCUT2D eigenvalue weighted by Crippen LogP contribution is 2.25. The number of hydrogen-bond donors (Lipinski definition) is 3. The van der Waals surface area contributed by atoms with Crippen molar-refractivity contribution in [3.63, 3.8) is 0 Å². The molecule has 8 heteroatoms. The van der Waals surface area contributed by atoms with Crippen LogP contribution in [0.1, 0.15) is 44.1 Å². The number of benzene rings is 1. The van der Waals surface area contributed by atoms with Crippen molar-refractivity contribution in [2.75, 3.05) is 18.4 Å². The number of nitriles is 1. The number of carboxylic acid groups (broad SMARTS) is 1. The van der Waals surface area contributed by atoms with Crippen LogP contribution >= 0.6 is 0 Å². The molecule has 1 saturated heterocycles. The van der Waals surface area contributed by atoms with Crippen molar-refractivity contribution in [2.24, 2.45) is 11.8 Å². The van der Waals surface area contributed by atoms with E-state index in [0.29, 0.717) is 62.9 Å². The minimum Gasteiger partial charge on any atom is -0.481 e. The molecule has 154 valence electrons. The summed E-state index contributed by atoms with van der Waals surface area (Å²) in [6, 6.07) is 8.73. The topological polar surface area (TPSA) is 123 Å².